The normalized spacial score (nSPS) is 11.6. The second-order valence-corrected chi connectivity index (χ2v) is 4.62. The van der Waals surface area contributed by atoms with Crippen molar-refractivity contribution in [2.24, 2.45) is 5.73 Å². The number of nitrogens with one attached hydrogen (secondary N) is 2. The van der Waals surface area contributed by atoms with Crippen LogP contribution in [0.3, 0.4) is 0 Å². The molecular formula is C11H15N3O4S. The van der Waals surface area contributed by atoms with Crippen LogP contribution in [0.1, 0.15) is 12.0 Å². The molecule has 0 saturated heterocycles. The van der Waals surface area contributed by atoms with Crippen LogP contribution in [0.15, 0.2) is 16.8 Å². The lowest BCUT2D eigenvalue weighted by atomic mass is 10.2. The van der Waals surface area contributed by atoms with Gasteiger partial charge in [-0.2, -0.15) is 11.3 Å². The number of hydrogen-bond acceptors (Lipinski definition) is 4. The van der Waals surface area contributed by atoms with Gasteiger partial charge < -0.3 is 21.5 Å². The van der Waals surface area contributed by atoms with E-state index < -0.39 is 30.4 Å². The minimum Gasteiger partial charge on any atom is -0.480 e. The van der Waals surface area contributed by atoms with Gasteiger partial charge in [-0.3, -0.25) is 4.79 Å². The molecule has 0 aliphatic carbocycles. The number of carboxylic acids is 1. The van der Waals surface area contributed by atoms with Gasteiger partial charge in [-0.1, -0.05) is 0 Å². The van der Waals surface area contributed by atoms with Crippen LogP contribution in [0.2, 0.25) is 0 Å². The topological polar surface area (TPSA) is 122 Å². The van der Waals surface area contributed by atoms with E-state index >= 15 is 0 Å². The van der Waals surface area contributed by atoms with Crippen LogP contribution in [-0.2, 0) is 16.0 Å². The second-order valence-electron chi connectivity index (χ2n) is 3.84. The molecule has 8 heteroatoms. The minimum atomic E-state index is -1.31. The average molecular weight is 285 g/mol. The molecular weight excluding hydrogens is 270 g/mol. The van der Waals surface area contributed by atoms with Crippen molar-refractivity contribution in [2.45, 2.75) is 18.9 Å². The number of carbonyl (C=O) groups excluding carboxylic acids is 2. The molecule has 1 atom stereocenters. The zero-order valence-electron chi connectivity index (χ0n) is 10.1. The summed E-state index contributed by atoms with van der Waals surface area (Å²) >= 11 is 1.56. The fourth-order valence-electron chi connectivity index (χ4n) is 1.37. The summed E-state index contributed by atoms with van der Waals surface area (Å²) < 4.78 is 0. The summed E-state index contributed by atoms with van der Waals surface area (Å²) in [5.74, 6) is -2.09. The van der Waals surface area contributed by atoms with Crippen molar-refractivity contribution in [2.75, 3.05) is 6.54 Å². The maximum Gasteiger partial charge on any atom is 0.326 e. The summed E-state index contributed by atoms with van der Waals surface area (Å²) in [5.41, 5.74) is 5.99. The van der Waals surface area contributed by atoms with Crippen LogP contribution in [0.25, 0.3) is 0 Å². The Balaban J connectivity index is 2.32. The Labute approximate surface area is 113 Å². The molecule has 0 aliphatic heterocycles. The number of carbonyl (C=O) groups is 3. The highest BCUT2D eigenvalue weighted by atomic mass is 32.1. The first-order valence-electron chi connectivity index (χ1n) is 5.55. The van der Waals surface area contributed by atoms with Crippen LogP contribution >= 0.6 is 11.3 Å². The van der Waals surface area contributed by atoms with Crippen molar-refractivity contribution in [3.8, 4) is 0 Å². The second kappa shape index (κ2) is 7.37. The third-order valence-electron chi connectivity index (χ3n) is 2.29. The van der Waals surface area contributed by atoms with Gasteiger partial charge in [-0.25, -0.2) is 9.59 Å². The van der Waals surface area contributed by atoms with Crippen LogP contribution < -0.4 is 16.4 Å². The summed E-state index contributed by atoms with van der Waals surface area (Å²) in [6.07, 6.45) is 0.220. The molecule has 0 fully saturated rings. The highest BCUT2D eigenvalue weighted by Gasteiger charge is 2.21. The summed E-state index contributed by atoms with van der Waals surface area (Å²) in [5, 5.41) is 17.4. The van der Waals surface area contributed by atoms with Crippen molar-refractivity contribution in [3.63, 3.8) is 0 Å². The Hall–Kier alpha value is -2.09. The Morgan fingerprint density at radius 2 is 2.16 bits per heavy atom. The first kappa shape index (κ1) is 15.0. The van der Waals surface area contributed by atoms with Gasteiger partial charge in [0.15, 0.2) is 0 Å². The van der Waals surface area contributed by atoms with E-state index in [1.54, 1.807) is 11.3 Å². The first-order valence-corrected chi connectivity index (χ1v) is 6.50. The summed E-state index contributed by atoms with van der Waals surface area (Å²) in [6, 6.07) is -0.000246. The predicted molar refractivity (Wildman–Crippen MR) is 69.8 cm³/mol. The molecule has 0 spiro atoms. The fraction of sp³-hybridized carbons (Fsp3) is 0.364. The molecule has 1 heterocycles. The fourth-order valence-corrected chi connectivity index (χ4v) is 2.07. The Morgan fingerprint density at radius 3 is 2.68 bits per heavy atom. The first-order chi connectivity index (χ1) is 8.99. The largest absolute Gasteiger partial charge is 0.480 e. The zero-order valence-corrected chi connectivity index (χ0v) is 10.9. The number of amides is 3. The van der Waals surface area contributed by atoms with E-state index in [1.165, 1.54) is 0 Å². The molecule has 0 unspecified atom stereocenters. The Morgan fingerprint density at radius 1 is 1.42 bits per heavy atom. The maximum absolute atomic E-state index is 11.4. The van der Waals surface area contributed by atoms with E-state index in [9.17, 15) is 14.4 Å². The minimum absolute atomic E-state index is 0.380. The molecule has 7 nitrogen and oxygen atoms in total. The smallest absolute Gasteiger partial charge is 0.326 e. The number of rotatable bonds is 7. The molecule has 0 aliphatic rings. The molecule has 0 aromatic carbocycles. The molecule has 1 aromatic rings. The Bertz CT molecular complexity index is 447. The third-order valence-corrected chi connectivity index (χ3v) is 3.02. The predicted octanol–water partition coefficient (Wildman–Crippen LogP) is -0.0816. The van der Waals surface area contributed by atoms with E-state index in [2.05, 4.69) is 10.6 Å². The van der Waals surface area contributed by atoms with Crippen molar-refractivity contribution in [1.29, 1.82) is 0 Å². The van der Waals surface area contributed by atoms with E-state index in [-0.39, 0.29) is 0 Å². The van der Waals surface area contributed by atoms with Crippen molar-refractivity contribution < 1.29 is 19.5 Å². The maximum atomic E-state index is 11.4. The molecule has 1 rings (SSSR count). The number of primary amides is 1. The highest BCUT2D eigenvalue weighted by molar-refractivity contribution is 7.07. The number of thiophene rings is 1. The van der Waals surface area contributed by atoms with E-state index in [4.69, 9.17) is 10.8 Å². The Kier molecular flexibility index (Phi) is 5.80. The molecule has 5 N–H and O–H groups in total. The molecule has 19 heavy (non-hydrogen) atoms. The van der Waals surface area contributed by atoms with E-state index in [1.807, 2.05) is 16.8 Å². The molecule has 3 amide bonds. The highest BCUT2D eigenvalue weighted by Crippen LogP contribution is 2.05. The monoisotopic (exact) mass is 285 g/mol. The molecule has 104 valence electrons. The van der Waals surface area contributed by atoms with Gasteiger partial charge in [0.25, 0.3) is 0 Å². The molecule has 0 radical (unpaired) electrons. The number of aliphatic carboxylic acids is 1. The summed E-state index contributed by atoms with van der Waals surface area (Å²) in [6.45, 7) is 0.380. The standard InChI is InChI=1S/C11H15N3O4S/c12-9(15)5-8(10(16)17)14-11(18)13-3-1-7-2-4-19-6-7/h2,4,6,8H,1,3,5H2,(H2,12,15)(H,16,17)(H2,13,14,18)/t8-/m0/s1. The van der Waals surface area contributed by atoms with Gasteiger partial charge in [0.2, 0.25) is 5.91 Å². The van der Waals surface area contributed by atoms with E-state index in [0.29, 0.717) is 13.0 Å². The number of urea groups is 1. The lowest BCUT2D eigenvalue weighted by Crippen LogP contribution is -2.48. The average Bonchev–Trinajstić information content (AvgIpc) is 2.80. The summed E-state index contributed by atoms with van der Waals surface area (Å²) in [4.78, 5) is 32.9. The quantitative estimate of drug-likeness (QED) is 0.559. The molecule has 1 aromatic heterocycles. The van der Waals surface area contributed by atoms with Crippen LogP contribution in [0, 0.1) is 0 Å². The van der Waals surface area contributed by atoms with Crippen LogP contribution in [-0.4, -0.2) is 35.6 Å². The molecule has 0 saturated carbocycles. The number of hydrogen-bond donors (Lipinski definition) is 4. The van der Waals surface area contributed by atoms with Gasteiger partial charge >= 0.3 is 12.0 Å². The number of carboxylic acid groups (broad SMARTS) is 1. The lowest BCUT2D eigenvalue weighted by molar-refractivity contribution is -0.140. The van der Waals surface area contributed by atoms with Crippen molar-refractivity contribution in [3.05, 3.63) is 22.4 Å². The van der Waals surface area contributed by atoms with Crippen LogP contribution in [0.5, 0.6) is 0 Å². The van der Waals surface area contributed by atoms with Crippen molar-refractivity contribution >= 4 is 29.2 Å². The van der Waals surface area contributed by atoms with Gasteiger partial charge in [-0.15, -0.1) is 0 Å². The SMILES string of the molecule is NC(=O)C[C@H](NC(=O)NCCc1ccsc1)C(=O)O. The van der Waals surface area contributed by atoms with Gasteiger partial charge in [0.1, 0.15) is 6.04 Å². The summed E-state index contributed by atoms with van der Waals surface area (Å²) in [7, 11) is 0. The molecule has 0 bridgehead atoms. The third kappa shape index (κ3) is 5.87. The van der Waals surface area contributed by atoms with Crippen LogP contribution in [0.4, 0.5) is 4.79 Å². The zero-order chi connectivity index (χ0) is 14.3. The van der Waals surface area contributed by atoms with E-state index in [0.717, 1.165) is 5.56 Å². The van der Waals surface area contributed by atoms with Gasteiger partial charge in [-0.05, 0) is 28.8 Å². The number of nitrogens with two attached hydrogens (primary N) is 1. The van der Waals surface area contributed by atoms with Crippen molar-refractivity contribution in [1.82, 2.24) is 10.6 Å². The lowest BCUT2D eigenvalue weighted by Gasteiger charge is -2.13. The van der Waals surface area contributed by atoms with Gasteiger partial charge in [0, 0.05) is 6.54 Å². The van der Waals surface area contributed by atoms with Gasteiger partial charge in [0.05, 0.1) is 6.42 Å².